The SMILES string of the molecule is Cc1nc(CC2(CBr)CCOC2)sc1C. The van der Waals surface area contributed by atoms with Crippen molar-refractivity contribution in [2.24, 2.45) is 5.41 Å². The average molecular weight is 290 g/mol. The van der Waals surface area contributed by atoms with Crippen molar-refractivity contribution in [3.05, 3.63) is 15.6 Å². The van der Waals surface area contributed by atoms with E-state index < -0.39 is 0 Å². The molecule has 1 aliphatic rings. The molecule has 0 radical (unpaired) electrons. The third-order valence-corrected chi connectivity index (χ3v) is 5.33. The van der Waals surface area contributed by atoms with Gasteiger partial charge in [0.05, 0.1) is 17.3 Å². The Bertz CT molecular complexity index is 325. The van der Waals surface area contributed by atoms with Crippen LogP contribution in [-0.4, -0.2) is 23.5 Å². The van der Waals surface area contributed by atoms with Crippen LogP contribution < -0.4 is 0 Å². The van der Waals surface area contributed by atoms with Crippen LogP contribution in [0.4, 0.5) is 0 Å². The molecule has 0 spiro atoms. The van der Waals surface area contributed by atoms with Crippen LogP contribution in [0.15, 0.2) is 0 Å². The van der Waals surface area contributed by atoms with Crippen LogP contribution in [0.2, 0.25) is 0 Å². The maximum absolute atomic E-state index is 5.51. The summed E-state index contributed by atoms with van der Waals surface area (Å²) in [6, 6.07) is 0. The van der Waals surface area contributed by atoms with Gasteiger partial charge in [-0.3, -0.25) is 0 Å². The summed E-state index contributed by atoms with van der Waals surface area (Å²) >= 11 is 5.44. The molecule has 84 valence electrons. The summed E-state index contributed by atoms with van der Waals surface area (Å²) in [5.41, 5.74) is 1.47. The molecule has 2 heterocycles. The first-order valence-electron chi connectivity index (χ1n) is 5.22. The number of nitrogens with zero attached hydrogens (tertiary/aromatic N) is 1. The fourth-order valence-electron chi connectivity index (χ4n) is 1.88. The number of thiazole rings is 1. The first kappa shape index (κ1) is 11.6. The van der Waals surface area contributed by atoms with E-state index in [1.807, 2.05) is 11.3 Å². The summed E-state index contributed by atoms with van der Waals surface area (Å²) in [6.45, 7) is 5.99. The number of hydrogen-bond donors (Lipinski definition) is 0. The zero-order valence-corrected chi connectivity index (χ0v) is 11.6. The predicted molar refractivity (Wildman–Crippen MR) is 67.0 cm³/mol. The third kappa shape index (κ3) is 2.43. The van der Waals surface area contributed by atoms with Gasteiger partial charge in [-0.15, -0.1) is 11.3 Å². The zero-order chi connectivity index (χ0) is 10.9. The third-order valence-electron chi connectivity index (χ3n) is 3.07. The standard InChI is InChI=1S/C11H16BrNOS/c1-8-9(2)15-10(13-8)5-11(6-12)3-4-14-7-11/h3-7H2,1-2H3. The topological polar surface area (TPSA) is 22.1 Å². The highest BCUT2D eigenvalue weighted by molar-refractivity contribution is 9.09. The van der Waals surface area contributed by atoms with Crippen molar-refractivity contribution in [1.29, 1.82) is 0 Å². The number of hydrogen-bond acceptors (Lipinski definition) is 3. The lowest BCUT2D eigenvalue weighted by molar-refractivity contribution is 0.162. The Labute approximate surface area is 103 Å². The Hall–Kier alpha value is 0.0700. The van der Waals surface area contributed by atoms with Crippen LogP contribution in [0.1, 0.15) is 22.0 Å². The molecule has 1 fully saturated rings. The fraction of sp³-hybridized carbons (Fsp3) is 0.727. The molecule has 0 N–H and O–H groups in total. The van der Waals surface area contributed by atoms with E-state index in [0.717, 1.165) is 31.4 Å². The summed E-state index contributed by atoms with van der Waals surface area (Å²) in [4.78, 5) is 5.95. The van der Waals surface area contributed by atoms with Crippen molar-refractivity contribution >= 4 is 27.3 Å². The highest BCUT2D eigenvalue weighted by atomic mass is 79.9. The molecular formula is C11H16BrNOS. The van der Waals surface area contributed by atoms with Gasteiger partial charge in [-0.1, -0.05) is 15.9 Å². The number of aryl methyl sites for hydroxylation is 2. The number of ether oxygens (including phenoxy) is 1. The number of halogens is 1. The van der Waals surface area contributed by atoms with Gasteiger partial charge in [0.15, 0.2) is 0 Å². The van der Waals surface area contributed by atoms with Gasteiger partial charge in [-0.05, 0) is 20.3 Å². The Morgan fingerprint density at radius 2 is 2.33 bits per heavy atom. The molecule has 1 aromatic heterocycles. The van der Waals surface area contributed by atoms with Crippen molar-refractivity contribution in [3.63, 3.8) is 0 Å². The second kappa shape index (κ2) is 4.52. The fourth-order valence-corrected chi connectivity index (χ4v) is 3.63. The Balaban J connectivity index is 2.12. The van der Waals surface area contributed by atoms with Gasteiger partial charge in [0.25, 0.3) is 0 Å². The van der Waals surface area contributed by atoms with E-state index in [-0.39, 0.29) is 5.41 Å². The highest BCUT2D eigenvalue weighted by Gasteiger charge is 2.35. The molecule has 15 heavy (non-hydrogen) atoms. The van der Waals surface area contributed by atoms with Gasteiger partial charge < -0.3 is 4.74 Å². The van der Waals surface area contributed by atoms with Crippen molar-refractivity contribution in [2.75, 3.05) is 18.5 Å². The lowest BCUT2D eigenvalue weighted by atomic mass is 9.86. The molecule has 0 saturated carbocycles. The Kier molecular flexibility index (Phi) is 3.48. The minimum Gasteiger partial charge on any atom is -0.381 e. The quantitative estimate of drug-likeness (QED) is 0.798. The molecule has 0 aliphatic carbocycles. The second-order valence-corrected chi connectivity index (χ2v) is 6.21. The van der Waals surface area contributed by atoms with Crippen molar-refractivity contribution in [2.45, 2.75) is 26.7 Å². The molecule has 0 bridgehead atoms. The van der Waals surface area contributed by atoms with Crippen LogP contribution >= 0.6 is 27.3 Å². The van der Waals surface area contributed by atoms with E-state index >= 15 is 0 Å². The minimum absolute atomic E-state index is 0.288. The van der Waals surface area contributed by atoms with Gasteiger partial charge in [0.1, 0.15) is 0 Å². The van der Waals surface area contributed by atoms with E-state index in [4.69, 9.17) is 4.74 Å². The van der Waals surface area contributed by atoms with Crippen LogP contribution in [0.25, 0.3) is 0 Å². The summed E-state index contributed by atoms with van der Waals surface area (Å²) in [5, 5.41) is 2.27. The predicted octanol–water partition coefficient (Wildman–Crippen LogP) is 3.10. The second-order valence-electron chi connectivity index (χ2n) is 4.36. The highest BCUT2D eigenvalue weighted by Crippen LogP contribution is 2.35. The molecule has 2 nitrogen and oxygen atoms in total. The molecule has 2 rings (SSSR count). The van der Waals surface area contributed by atoms with Crippen molar-refractivity contribution < 1.29 is 4.74 Å². The molecule has 4 heteroatoms. The lowest BCUT2D eigenvalue weighted by Crippen LogP contribution is -2.25. The maximum atomic E-state index is 5.51. The largest absolute Gasteiger partial charge is 0.381 e. The van der Waals surface area contributed by atoms with Crippen LogP contribution in [0, 0.1) is 19.3 Å². The van der Waals surface area contributed by atoms with Gasteiger partial charge >= 0.3 is 0 Å². The molecule has 1 saturated heterocycles. The molecule has 0 amide bonds. The summed E-state index contributed by atoms with van der Waals surface area (Å²) < 4.78 is 5.51. The number of aromatic nitrogens is 1. The number of alkyl halides is 1. The smallest absolute Gasteiger partial charge is 0.0937 e. The molecule has 0 aromatic carbocycles. The van der Waals surface area contributed by atoms with Gasteiger partial charge in [0, 0.05) is 28.6 Å². The molecule has 1 atom stereocenters. The number of rotatable bonds is 3. The average Bonchev–Trinajstić information content (AvgIpc) is 2.77. The Morgan fingerprint density at radius 3 is 2.80 bits per heavy atom. The molecule has 1 aliphatic heterocycles. The summed E-state index contributed by atoms with van der Waals surface area (Å²) in [5.74, 6) is 0. The monoisotopic (exact) mass is 289 g/mol. The van der Waals surface area contributed by atoms with E-state index in [0.29, 0.717) is 0 Å². The maximum Gasteiger partial charge on any atom is 0.0937 e. The van der Waals surface area contributed by atoms with Crippen LogP contribution in [0.3, 0.4) is 0 Å². The first-order valence-corrected chi connectivity index (χ1v) is 7.16. The zero-order valence-electron chi connectivity index (χ0n) is 9.18. The molecule has 1 aromatic rings. The molecular weight excluding hydrogens is 274 g/mol. The van der Waals surface area contributed by atoms with E-state index in [1.165, 1.54) is 15.6 Å². The van der Waals surface area contributed by atoms with E-state index in [2.05, 4.69) is 34.8 Å². The molecule has 1 unspecified atom stereocenters. The first-order chi connectivity index (χ1) is 7.15. The van der Waals surface area contributed by atoms with Gasteiger partial charge in [-0.25, -0.2) is 4.98 Å². The normalized spacial score (nSPS) is 26.1. The van der Waals surface area contributed by atoms with Gasteiger partial charge in [0.2, 0.25) is 0 Å². The van der Waals surface area contributed by atoms with E-state index in [1.54, 1.807) is 0 Å². The van der Waals surface area contributed by atoms with Crippen LogP contribution in [0.5, 0.6) is 0 Å². The minimum atomic E-state index is 0.288. The van der Waals surface area contributed by atoms with Gasteiger partial charge in [-0.2, -0.15) is 0 Å². The summed E-state index contributed by atoms with van der Waals surface area (Å²) in [6.07, 6.45) is 2.20. The van der Waals surface area contributed by atoms with Crippen LogP contribution in [-0.2, 0) is 11.2 Å². The summed E-state index contributed by atoms with van der Waals surface area (Å²) in [7, 11) is 0. The van der Waals surface area contributed by atoms with E-state index in [9.17, 15) is 0 Å². The van der Waals surface area contributed by atoms with Crippen molar-refractivity contribution in [3.8, 4) is 0 Å². The van der Waals surface area contributed by atoms with Crippen molar-refractivity contribution in [1.82, 2.24) is 4.98 Å². The Morgan fingerprint density at radius 1 is 1.53 bits per heavy atom. The lowest BCUT2D eigenvalue weighted by Gasteiger charge is -2.22.